The van der Waals surface area contributed by atoms with E-state index in [1.165, 1.54) is 19.3 Å². The molecule has 0 aromatic heterocycles. The Hall–Kier alpha value is 0.250. The van der Waals surface area contributed by atoms with Crippen LogP contribution in [0.25, 0.3) is 0 Å². The minimum absolute atomic E-state index is 0. The summed E-state index contributed by atoms with van der Waals surface area (Å²) in [5, 5.41) is 0. The van der Waals surface area contributed by atoms with Crippen molar-refractivity contribution in [3.8, 4) is 0 Å². The Labute approximate surface area is 77.2 Å². The second-order valence-electron chi connectivity index (χ2n) is 3.67. The molecule has 11 heavy (non-hydrogen) atoms. The van der Waals surface area contributed by atoms with E-state index in [1.807, 2.05) is 0 Å². The van der Waals surface area contributed by atoms with Crippen molar-refractivity contribution in [3.63, 3.8) is 0 Å². The fraction of sp³-hybridized carbons (Fsp3) is 1.00. The van der Waals surface area contributed by atoms with Gasteiger partial charge < -0.3 is 5.73 Å². The molecule has 0 saturated heterocycles. The van der Waals surface area contributed by atoms with Gasteiger partial charge in [0.05, 0.1) is 0 Å². The van der Waals surface area contributed by atoms with E-state index >= 15 is 0 Å². The van der Waals surface area contributed by atoms with Crippen molar-refractivity contribution in [1.29, 1.82) is 0 Å². The smallest absolute Gasteiger partial charge is 0.00515 e. The maximum atomic E-state index is 5.49. The highest BCUT2D eigenvalue weighted by atomic mass is 35.5. The predicted octanol–water partition coefficient (Wildman–Crippen LogP) is 2.83. The monoisotopic (exact) mass is 179 g/mol. The van der Waals surface area contributed by atoms with Crippen molar-refractivity contribution < 1.29 is 0 Å². The number of hydrogen-bond acceptors (Lipinski definition) is 1. The molecule has 1 atom stereocenters. The SMILES string of the molecule is CC(C)CCCC(C)CN.Cl. The minimum atomic E-state index is 0. The van der Waals surface area contributed by atoms with Crippen LogP contribution in [-0.4, -0.2) is 6.54 Å². The molecule has 1 nitrogen and oxygen atoms in total. The number of halogens is 1. The second-order valence-corrected chi connectivity index (χ2v) is 3.67. The lowest BCUT2D eigenvalue weighted by molar-refractivity contribution is 0.464. The third-order valence-electron chi connectivity index (χ3n) is 1.88. The average Bonchev–Trinajstić information content (AvgIpc) is 1.87. The van der Waals surface area contributed by atoms with Gasteiger partial charge in [-0.05, 0) is 24.8 Å². The topological polar surface area (TPSA) is 26.0 Å². The highest BCUT2D eigenvalue weighted by molar-refractivity contribution is 5.85. The van der Waals surface area contributed by atoms with E-state index in [9.17, 15) is 0 Å². The Bertz CT molecular complexity index is 74.0. The van der Waals surface area contributed by atoms with Crippen LogP contribution in [0.5, 0.6) is 0 Å². The van der Waals surface area contributed by atoms with Crippen molar-refractivity contribution in [2.24, 2.45) is 17.6 Å². The zero-order valence-electron chi connectivity index (χ0n) is 7.97. The van der Waals surface area contributed by atoms with E-state index in [0.717, 1.165) is 18.4 Å². The van der Waals surface area contributed by atoms with Gasteiger partial charge in [-0.15, -0.1) is 12.4 Å². The lowest BCUT2D eigenvalue weighted by Gasteiger charge is -2.08. The molecule has 0 aromatic carbocycles. The lowest BCUT2D eigenvalue weighted by atomic mass is 10.00. The van der Waals surface area contributed by atoms with Crippen LogP contribution in [0.2, 0.25) is 0 Å². The first-order chi connectivity index (χ1) is 4.66. The summed E-state index contributed by atoms with van der Waals surface area (Å²) in [6, 6.07) is 0. The number of hydrogen-bond donors (Lipinski definition) is 1. The van der Waals surface area contributed by atoms with Gasteiger partial charge in [0.1, 0.15) is 0 Å². The van der Waals surface area contributed by atoms with Crippen molar-refractivity contribution in [3.05, 3.63) is 0 Å². The normalized spacial score (nSPS) is 12.8. The van der Waals surface area contributed by atoms with Crippen LogP contribution in [0.3, 0.4) is 0 Å². The molecule has 0 saturated carbocycles. The third-order valence-corrected chi connectivity index (χ3v) is 1.88. The minimum Gasteiger partial charge on any atom is -0.330 e. The molecule has 1 unspecified atom stereocenters. The Kier molecular flexibility index (Phi) is 10.5. The van der Waals surface area contributed by atoms with Crippen molar-refractivity contribution in [2.75, 3.05) is 6.54 Å². The largest absolute Gasteiger partial charge is 0.330 e. The van der Waals surface area contributed by atoms with Gasteiger partial charge in [0.2, 0.25) is 0 Å². The van der Waals surface area contributed by atoms with E-state index in [-0.39, 0.29) is 12.4 Å². The molecule has 0 bridgehead atoms. The molecule has 2 heteroatoms. The second kappa shape index (κ2) is 8.35. The molecule has 0 rings (SSSR count). The summed E-state index contributed by atoms with van der Waals surface area (Å²) >= 11 is 0. The summed E-state index contributed by atoms with van der Waals surface area (Å²) in [6.07, 6.45) is 4.00. The van der Waals surface area contributed by atoms with Gasteiger partial charge >= 0.3 is 0 Å². The zero-order chi connectivity index (χ0) is 7.98. The maximum absolute atomic E-state index is 5.49. The fourth-order valence-corrected chi connectivity index (χ4v) is 0.992. The molecule has 0 fully saturated rings. The van der Waals surface area contributed by atoms with Crippen molar-refractivity contribution >= 4 is 12.4 Å². The summed E-state index contributed by atoms with van der Waals surface area (Å²) in [4.78, 5) is 0. The molecule has 0 spiro atoms. The molecule has 0 aliphatic rings. The van der Waals surface area contributed by atoms with Crippen LogP contribution in [0.15, 0.2) is 0 Å². The highest BCUT2D eigenvalue weighted by Gasteiger charge is 1.99. The van der Waals surface area contributed by atoms with Crippen molar-refractivity contribution in [2.45, 2.75) is 40.0 Å². The van der Waals surface area contributed by atoms with E-state index in [0.29, 0.717) is 0 Å². The Balaban J connectivity index is 0. The van der Waals surface area contributed by atoms with Crippen LogP contribution >= 0.6 is 12.4 Å². The molecule has 0 aliphatic carbocycles. The first-order valence-corrected chi connectivity index (χ1v) is 4.37. The third kappa shape index (κ3) is 10.2. The number of rotatable bonds is 5. The molecule has 0 aromatic rings. The lowest BCUT2D eigenvalue weighted by Crippen LogP contribution is -2.10. The maximum Gasteiger partial charge on any atom is -0.00515 e. The zero-order valence-corrected chi connectivity index (χ0v) is 8.79. The van der Waals surface area contributed by atoms with E-state index < -0.39 is 0 Å². The molecule has 70 valence electrons. The molecule has 0 amide bonds. The predicted molar refractivity (Wildman–Crippen MR) is 54.2 cm³/mol. The Morgan fingerprint density at radius 3 is 2.00 bits per heavy atom. The van der Waals surface area contributed by atoms with Crippen LogP contribution in [0.1, 0.15) is 40.0 Å². The summed E-state index contributed by atoms with van der Waals surface area (Å²) in [5.41, 5.74) is 5.49. The Morgan fingerprint density at radius 2 is 1.64 bits per heavy atom. The standard InChI is InChI=1S/C9H21N.ClH/c1-8(2)5-4-6-9(3)7-10;/h8-9H,4-7,10H2,1-3H3;1H. The first kappa shape index (κ1) is 13.8. The summed E-state index contributed by atoms with van der Waals surface area (Å²) in [6.45, 7) is 7.61. The van der Waals surface area contributed by atoms with Gasteiger partial charge in [0.15, 0.2) is 0 Å². The molecule has 0 radical (unpaired) electrons. The van der Waals surface area contributed by atoms with E-state index in [2.05, 4.69) is 20.8 Å². The van der Waals surface area contributed by atoms with E-state index in [4.69, 9.17) is 5.73 Å². The fourth-order valence-electron chi connectivity index (χ4n) is 0.992. The van der Waals surface area contributed by atoms with Gasteiger partial charge in [-0.2, -0.15) is 0 Å². The summed E-state index contributed by atoms with van der Waals surface area (Å²) in [5.74, 6) is 1.57. The van der Waals surface area contributed by atoms with Crippen LogP contribution in [0.4, 0.5) is 0 Å². The van der Waals surface area contributed by atoms with Gasteiger partial charge in [0, 0.05) is 0 Å². The average molecular weight is 180 g/mol. The quantitative estimate of drug-likeness (QED) is 0.690. The first-order valence-electron chi connectivity index (χ1n) is 4.37. The van der Waals surface area contributed by atoms with Crippen LogP contribution < -0.4 is 5.73 Å². The van der Waals surface area contributed by atoms with Gasteiger partial charge in [0.25, 0.3) is 0 Å². The summed E-state index contributed by atoms with van der Waals surface area (Å²) < 4.78 is 0. The van der Waals surface area contributed by atoms with Gasteiger partial charge in [-0.3, -0.25) is 0 Å². The van der Waals surface area contributed by atoms with Crippen molar-refractivity contribution in [1.82, 2.24) is 0 Å². The Morgan fingerprint density at radius 1 is 1.09 bits per heavy atom. The molecule has 0 heterocycles. The molecular weight excluding hydrogens is 158 g/mol. The summed E-state index contributed by atoms with van der Waals surface area (Å²) in [7, 11) is 0. The molecule has 0 aliphatic heterocycles. The van der Waals surface area contributed by atoms with Crippen LogP contribution in [-0.2, 0) is 0 Å². The number of nitrogens with two attached hydrogens (primary N) is 1. The highest BCUT2D eigenvalue weighted by Crippen LogP contribution is 2.10. The molecule has 2 N–H and O–H groups in total. The van der Waals surface area contributed by atoms with Gasteiger partial charge in [-0.25, -0.2) is 0 Å². The van der Waals surface area contributed by atoms with Crippen LogP contribution in [0, 0.1) is 11.8 Å². The van der Waals surface area contributed by atoms with E-state index in [1.54, 1.807) is 0 Å². The molecular formula is C9H22ClN. The van der Waals surface area contributed by atoms with Gasteiger partial charge in [-0.1, -0.05) is 33.6 Å².